The molecule has 1 atom stereocenters. The lowest BCUT2D eigenvalue weighted by Gasteiger charge is -2.13. The number of nitrogens with one attached hydrogen (secondary N) is 2. The van der Waals surface area contributed by atoms with Crippen LogP contribution in [0.2, 0.25) is 0 Å². The zero-order valence-corrected chi connectivity index (χ0v) is 11.2. The second kappa shape index (κ2) is 5.68. The van der Waals surface area contributed by atoms with E-state index in [2.05, 4.69) is 15.7 Å². The quantitative estimate of drug-likeness (QED) is 0.862. The molecule has 1 amide bonds. The number of hydrogen-bond acceptors (Lipinski definition) is 4. The smallest absolute Gasteiger partial charge is 0.242 e. The van der Waals surface area contributed by atoms with Crippen LogP contribution in [0.1, 0.15) is 11.8 Å². The lowest BCUT2D eigenvalue weighted by molar-refractivity contribution is -0.121. The first kappa shape index (κ1) is 12.6. The molecule has 0 aliphatic carbocycles. The third kappa shape index (κ3) is 3.33. The molecule has 2 aromatic heterocycles. The van der Waals surface area contributed by atoms with Crippen molar-refractivity contribution in [1.29, 1.82) is 0 Å². The van der Waals surface area contributed by atoms with Crippen molar-refractivity contribution in [3.63, 3.8) is 0 Å². The molecule has 2 heterocycles. The molecule has 18 heavy (non-hydrogen) atoms. The van der Waals surface area contributed by atoms with Crippen molar-refractivity contribution in [2.45, 2.75) is 19.5 Å². The molecule has 0 radical (unpaired) electrons. The number of carbonyl (C=O) groups is 1. The molecule has 0 aliphatic rings. The molecular formula is C12H16N4OS. The van der Waals surface area contributed by atoms with Gasteiger partial charge in [-0.25, -0.2) is 0 Å². The van der Waals surface area contributed by atoms with E-state index in [1.54, 1.807) is 22.2 Å². The Morgan fingerprint density at radius 2 is 2.44 bits per heavy atom. The molecule has 0 spiro atoms. The summed E-state index contributed by atoms with van der Waals surface area (Å²) in [6.45, 7) is 2.41. The van der Waals surface area contributed by atoms with Gasteiger partial charge in [0, 0.05) is 18.1 Å². The highest BCUT2D eigenvalue weighted by Crippen LogP contribution is 2.08. The summed E-state index contributed by atoms with van der Waals surface area (Å²) in [5.41, 5.74) is 0.844. The molecule has 0 aromatic carbocycles. The van der Waals surface area contributed by atoms with Gasteiger partial charge in [-0.2, -0.15) is 5.10 Å². The maximum Gasteiger partial charge on any atom is 0.242 e. The second-order valence-electron chi connectivity index (χ2n) is 4.07. The van der Waals surface area contributed by atoms with Crippen molar-refractivity contribution in [3.8, 4) is 0 Å². The van der Waals surface area contributed by atoms with Gasteiger partial charge in [-0.1, -0.05) is 6.07 Å². The van der Waals surface area contributed by atoms with Crippen molar-refractivity contribution >= 4 is 22.9 Å². The van der Waals surface area contributed by atoms with E-state index >= 15 is 0 Å². The molecule has 0 fully saturated rings. The van der Waals surface area contributed by atoms with Gasteiger partial charge >= 0.3 is 0 Å². The number of hydrogen-bond donors (Lipinski definition) is 2. The minimum absolute atomic E-state index is 0.0211. The molecule has 2 rings (SSSR count). The number of nitrogens with zero attached hydrogens (tertiary/aromatic N) is 2. The predicted molar refractivity (Wildman–Crippen MR) is 72.5 cm³/mol. The first-order valence-electron chi connectivity index (χ1n) is 5.70. The number of aryl methyl sites for hydroxylation is 1. The molecule has 2 N–H and O–H groups in total. The zero-order chi connectivity index (χ0) is 13.0. The maximum atomic E-state index is 11.9. The molecule has 0 saturated carbocycles. The predicted octanol–water partition coefficient (Wildman–Crippen LogP) is 1.60. The van der Waals surface area contributed by atoms with E-state index in [0.29, 0.717) is 6.54 Å². The summed E-state index contributed by atoms with van der Waals surface area (Å²) >= 11 is 1.64. The summed E-state index contributed by atoms with van der Waals surface area (Å²) in [5, 5.41) is 12.0. The summed E-state index contributed by atoms with van der Waals surface area (Å²) in [6, 6.07) is 3.70. The molecule has 0 aliphatic heterocycles. The van der Waals surface area contributed by atoms with Gasteiger partial charge in [-0.15, -0.1) is 11.3 Å². The van der Waals surface area contributed by atoms with E-state index in [1.165, 1.54) is 0 Å². The van der Waals surface area contributed by atoms with E-state index < -0.39 is 0 Å². The monoisotopic (exact) mass is 264 g/mol. The highest BCUT2D eigenvalue weighted by molar-refractivity contribution is 7.09. The van der Waals surface area contributed by atoms with Gasteiger partial charge in [0.05, 0.1) is 18.4 Å². The fraction of sp³-hybridized carbons (Fsp3) is 0.333. The minimum atomic E-state index is -0.283. The number of amides is 1. The Labute approximate surface area is 110 Å². The van der Waals surface area contributed by atoms with Crippen LogP contribution in [-0.4, -0.2) is 21.7 Å². The third-order valence-corrected chi connectivity index (χ3v) is 3.37. The Balaban J connectivity index is 1.81. The van der Waals surface area contributed by atoms with Gasteiger partial charge in [0.25, 0.3) is 0 Å². The first-order chi connectivity index (χ1) is 8.65. The largest absolute Gasteiger partial charge is 0.371 e. The summed E-state index contributed by atoms with van der Waals surface area (Å²) in [6.07, 6.45) is 3.53. The van der Waals surface area contributed by atoms with Crippen LogP contribution in [-0.2, 0) is 18.4 Å². The average Bonchev–Trinajstić information content (AvgIpc) is 2.97. The Morgan fingerprint density at radius 1 is 1.61 bits per heavy atom. The highest BCUT2D eigenvalue weighted by Gasteiger charge is 2.12. The van der Waals surface area contributed by atoms with Gasteiger partial charge in [-0.3, -0.25) is 9.48 Å². The van der Waals surface area contributed by atoms with Crippen LogP contribution in [0, 0.1) is 0 Å². The van der Waals surface area contributed by atoms with Crippen LogP contribution in [0.15, 0.2) is 29.9 Å². The van der Waals surface area contributed by atoms with E-state index in [4.69, 9.17) is 0 Å². The van der Waals surface area contributed by atoms with Gasteiger partial charge in [0.2, 0.25) is 5.91 Å². The van der Waals surface area contributed by atoms with Gasteiger partial charge in [0.1, 0.15) is 6.04 Å². The van der Waals surface area contributed by atoms with E-state index in [-0.39, 0.29) is 11.9 Å². The van der Waals surface area contributed by atoms with Crippen LogP contribution < -0.4 is 10.6 Å². The number of carbonyl (C=O) groups excluding carboxylic acids is 1. The van der Waals surface area contributed by atoms with Crippen LogP contribution in [0.3, 0.4) is 0 Å². The van der Waals surface area contributed by atoms with E-state index in [9.17, 15) is 4.79 Å². The SMILES string of the molecule is C[C@@H](Nc1cnn(C)c1)C(=O)NCc1cccs1. The molecule has 0 saturated heterocycles. The topological polar surface area (TPSA) is 59.0 Å². The van der Waals surface area contributed by atoms with Crippen LogP contribution in [0.4, 0.5) is 5.69 Å². The van der Waals surface area contributed by atoms with Crippen molar-refractivity contribution in [2.24, 2.45) is 7.05 Å². The Morgan fingerprint density at radius 3 is 3.06 bits per heavy atom. The average molecular weight is 264 g/mol. The number of anilines is 1. The number of rotatable bonds is 5. The Bertz CT molecular complexity index is 506. The van der Waals surface area contributed by atoms with Gasteiger partial charge < -0.3 is 10.6 Å². The van der Waals surface area contributed by atoms with Gasteiger partial charge in [0.15, 0.2) is 0 Å². The normalized spacial score (nSPS) is 12.1. The second-order valence-corrected chi connectivity index (χ2v) is 5.10. The molecule has 0 bridgehead atoms. The van der Waals surface area contributed by atoms with Crippen molar-refractivity contribution < 1.29 is 4.79 Å². The lowest BCUT2D eigenvalue weighted by atomic mass is 10.3. The van der Waals surface area contributed by atoms with Crippen molar-refractivity contribution in [3.05, 3.63) is 34.8 Å². The molecule has 5 nitrogen and oxygen atoms in total. The highest BCUT2D eigenvalue weighted by atomic mass is 32.1. The van der Waals surface area contributed by atoms with Gasteiger partial charge in [-0.05, 0) is 18.4 Å². The summed E-state index contributed by atoms with van der Waals surface area (Å²) in [4.78, 5) is 13.0. The fourth-order valence-corrected chi connectivity index (χ4v) is 2.20. The van der Waals surface area contributed by atoms with E-state index in [0.717, 1.165) is 10.6 Å². The number of aromatic nitrogens is 2. The molecular weight excluding hydrogens is 248 g/mol. The maximum absolute atomic E-state index is 11.9. The molecule has 6 heteroatoms. The first-order valence-corrected chi connectivity index (χ1v) is 6.58. The van der Waals surface area contributed by atoms with E-state index in [1.807, 2.05) is 37.7 Å². The van der Waals surface area contributed by atoms with Crippen LogP contribution in [0.25, 0.3) is 0 Å². The molecule has 0 unspecified atom stereocenters. The Hall–Kier alpha value is -1.82. The number of thiophene rings is 1. The van der Waals surface area contributed by atoms with Crippen molar-refractivity contribution in [2.75, 3.05) is 5.32 Å². The lowest BCUT2D eigenvalue weighted by Crippen LogP contribution is -2.36. The standard InChI is InChI=1S/C12H16N4OS/c1-9(15-10-6-14-16(2)8-10)12(17)13-7-11-4-3-5-18-11/h3-6,8-9,15H,7H2,1-2H3,(H,13,17)/t9-/m1/s1. The third-order valence-electron chi connectivity index (χ3n) is 2.50. The zero-order valence-electron chi connectivity index (χ0n) is 10.4. The molecule has 96 valence electrons. The van der Waals surface area contributed by atoms with Crippen LogP contribution >= 0.6 is 11.3 Å². The molecule has 2 aromatic rings. The van der Waals surface area contributed by atoms with Crippen molar-refractivity contribution in [1.82, 2.24) is 15.1 Å². The fourth-order valence-electron chi connectivity index (χ4n) is 1.55. The summed E-state index contributed by atoms with van der Waals surface area (Å²) in [5.74, 6) is -0.0211. The van der Waals surface area contributed by atoms with Crippen LogP contribution in [0.5, 0.6) is 0 Å². The summed E-state index contributed by atoms with van der Waals surface area (Å²) < 4.78 is 1.69. The summed E-state index contributed by atoms with van der Waals surface area (Å²) in [7, 11) is 1.84. The Kier molecular flexibility index (Phi) is 3.99. The minimum Gasteiger partial charge on any atom is -0.371 e.